The summed E-state index contributed by atoms with van der Waals surface area (Å²) in [7, 11) is 0. The highest BCUT2D eigenvalue weighted by atomic mass is 32.1. The maximum absolute atomic E-state index is 13.4. The quantitative estimate of drug-likeness (QED) is 0.562. The van der Waals surface area contributed by atoms with E-state index in [1.54, 1.807) is 0 Å². The molecule has 0 saturated heterocycles. The second kappa shape index (κ2) is 9.32. The summed E-state index contributed by atoms with van der Waals surface area (Å²) in [4.78, 5) is 25.4. The highest BCUT2D eigenvalue weighted by molar-refractivity contribution is 7.15. The van der Waals surface area contributed by atoms with Crippen LogP contribution in [0.3, 0.4) is 0 Å². The Bertz CT molecular complexity index is 1030. The van der Waals surface area contributed by atoms with Crippen molar-refractivity contribution in [2.24, 2.45) is 17.8 Å². The normalized spacial score (nSPS) is 28.0. The van der Waals surface area contributed by atoms with E-state index in [2.05, 4.69) is 20.8 Å². The van der Waals surface area contributed by atoms with E-state index >= 15 is 0 Å². The van der Waals surface area contributed by atoms with Gasteiger partial charge in [0, 0.05) is 11.5 Å². The SMILES string of the molecule is CCCC(NC(=O)Cc1cc(F)cc(F)c1)C(=O)Nc1nnc(C23CC4CC(CC(C4)C2)C3)s1. The maximum Gasteiger partial charge on any atom is 0.248 e. The van der Waals surface area contributed by atoms with Crippen LogP contribution in [-0.4, -0.2) is 28.1 Å². The fourth-order valence-electron chi connectivity index (χ4n) is 6.75. The first kappa shape index (κ1) is 23.3. The molecule has 2 amide bonds. The second-order valence-corrected chi connectivity index (χ2v) is 11.4. The van der Waals surface area contributed by atoms with Gasteiger partial charge in [0.15, 0.2) is 0 Å². The number of nitrogens with one attached hydrogen (secondary N) is 2. The molecular weight excluding hydrogens is 458 g/mol. The molecule has 0 spiro atoms. The molecule has 34 heavy (non-hydrogen) atoms. The number of halogens is 2. The number of nitrogens with zero attached hydrogens (tertiary/aromatic N) is 2. The van der Waals surface area contributed by atoms with E-state index in [1.807, 2.05) is 6.92 Å². The molecule has 4 fully saturated rings. The summed E-state index contributed by atoms with van der Waals surface area (Å²) in [6, 6.07) is 2.23. The fourth-order valence-corrected chi connectivity index (χ4v) is 7.72. The first-order valence-electron chi connectivity index (χ1n) is 12.2. The Labute approximate surface area is 201 Å². The number of carbonyl (C=O) groups excluding carboxylic acids is 2. The van der Waals surface area contributed by atoms with Gasteiger partial charge in [-0.2, -0.15) is 0 Å². The van der Waals surface area contributed by atoms with Crippen LogP contribution in [-0.2, 0) is 21.4 Å². The van der Waals surface area contributed by atoms with Gasteiger partial charge in [0.2, 0.25) is 16.9 Å². The lowest BCUT2D eigenvalue weighted by atomic mass is 9.50. The van der Waals surface area contributed by atoms with E-state index in [1.165, 1.54) is 49.9 Å². The Kier molecular flexibility index (Phi) is 6.39. The zero-order valence-electron chi connectivity index (χ0n) is 19.3. The molecule has 1 heterocycles. The lowest BCUT2D eigenvalue weighted by Crippen LogP contribution is -2.48. The Balaban J connectivity index is 1.23. The zero-order chi connectivity index (χ0) is 23.9. The Hall–Kier alpha value is -2.42. The van der Waals surface area contributed by atoms with Gasteiger partial charge in [-0.25, -0.2) is 8.78 Å². The van der Waals surface area contributed by atoms with Gasteiger partial charge >= 0.3 is 0 Å². The van der Waals surface area contributed by atoms with Crippen LogP contribution in [0.25, 0.3) is 0 Å². The molecule has 4 aliphatic rings. The minimum absolute atomic E-state index is 0.118. The number of aromatic nitrogens is 2. The molecular formula is C25H30F2N4O2S. The summed E-state index contributed by atoms with van der Waals surface area (Å²) in [6.45, 7) is 1.92. The van der Waals surface area contributed by atoms with Crippen LogP contribution in [0.1, 0.15) is 68.9 Å². The van der Waals surface area contributed by atoms with E-state index in [4.69, 9.17) is 0 Å². The van der Waals surface area contributed by atoms with E-state index < -0.39 is 23.6 Å². The maximum atomic E-state index is 13.4. The van der Waals surface area contributed by atoms with Crippen molar-refractivity contribution < 1.29 is 18.4 Å². The highest BCUT2D eigenvalue weighted by Gasteiger charge is 2.53. The first-order chi connectivity index (χ1) is 16.3. The number of anilines is 1. The molecule has 1 aromatic heterocycles. The van der Waals surface area contributed by atoms with Crippen molar-refractivity contribution in [2.45, 2.75) is 76.2 Å². The number of carbonyl (C=O) groups is 2. The molecule has 182 valence electrons. The third-order valence-electron chi connectivity index (χ3n) is 7.66. The molecule has 1 unspecified atom stereocenters. The van der Waals surface area contributed by atoms with Crippen LogP contribution in [0.2, 0.25) is 0 Å². The first-order valence-corrected chi connectivity index (χ1v) is 13.0. The molecule has 1 aromatic carbocycles. The van der Waals surface area contributed by atoms with Gasteiger partial charge in [-0.05, 0) is 80.4 Å². The monoisotopic (exact) mass is 488 g/mol. The molecule has 4 aliphatic carbocycles. The molecule has 0 radical (unpaired) electrons. The predicted octanol–water partition coefficient (Wildman–Crippen LogP) is 4.75. The van der Waals surface area contributed by atoms with E-state index in [9.17, 15) is 18.4 Å². The molecule has 2 aromatic rings. The number of hydrogen-bond acceptors (Lipinski definition) is 5. The number of hydrogen-bond donors (Lipinski definition) is 2. The predicted molar refractivity (Wildman–Crippen MR) is 125 cm³/mol. The van der Waals surface area contributed by atoms with Gasteiger partial charge in [-0.3, -0.25) is 14.9 Å². The standard InChI is InChI=1S/C25H30F2N4O2S/c1-2-3-20(28-21(32)9-14-7-18(26)10-19(27)8-14)22(33)29-24-31-30-23(34-24)25-11-15-4-16(12-25)6-17(5-15)13-25/h7-8,10,15-17,20H,2-6,9,11-13H2,1H3,(H,28,32)(H,29,31,33). The van der Waals surface area contributed by atoms with Gasteiger partial charge in [-0.15, -0.1) is 10.2 Å². The van der Waals surface area contributed by atoms with E-state index in [-0.39, 0.29) is 23.3 Å². The van der Waals surface area contributed by atoms with Crippen LogP contribution in [0.5, 0.6) is 0 Å². The molecule has 6 rings (SSSR count). The van der Waals surface area contributed by atoms with Gasteiger partial charge in [0.25, 0.3) is 0 Å². The lowest BCUT2D eigenvalue weighted by Gasteiger charge is -2.55. The summed E-state index contributed by atoms with van der Waals surface area (Å²) >= 11 is 1.46. The summed E-state index contributed by atoms with van der Waals surface area (Å²) in [5.74, 6) is 0.0872. The molecule has 2 N–H and O–H groups in total. The van der Waals surface area contributed by atoms with Gasteiger partial charge in [0.05, 0.1) is 6.42 Å². The number of benzene rings is 1. The van der Waals surface area contributed by atoms with Crippen LogP contribution in [0.4, 0.5) is 13.9 Å². The van der Waals surface area contributed by atoms with Gasteiger partial charge < -0.3 is 5.32 Å². The Morgan fingerprint density at radius 3 is 2.26 bits per heavy atom. The Morgan fingerprint density at radius 1 is 1.06 bits per heavy atom. The van der Waals surface area contributed by atoms with E-state index in [0.717, 1.165) is 41.0 Å². The molecule has 4 saturated carbocycles. The average Bonchev–Trinajstić information content (AvgIpc) is 3.21. The molecule has 9 heteroatoms. The minimum atomic E-state index is -0.761. The zero-order valence-corrected chi connectivity index (χ0v) is 20.1. The average molecular weight is 489 g/mol. The van der Waals surface area contributed by atoms with Crippen LogP contribution < -0.4 is 10.6 Å². The summed E-state index contributed by atoms with van der Waals surface area (Å²) in [5, 5.41) is 15.8. The summed E-state index contributed by atoms with van der Waals surface area (Å²) in [5.41, 5.74) is 0.335. The molecule has 6 nitrogen and oxygen atoms in total. The second-order valence-electron chi connectivity index (χ2n) is 10.5. The van der Waals surface area contributed by atoms with Crippen molar-refractivity contribution in [3.63, 3.8) is 0 Å². The van der Waals surface area contributed by atoms with Crippen molar-refractivity contribution in [1.29, 1.82) is 0 Å². The van der Waals surface area contributed by atoms with Gasteiger partial charge in [0.1, 0.15) is 22.7 Å². The Morgan fingerprint density at radius 2 is 1.68 bits per heavy atom. The third kappa shape index (κ3) is 4.85. The van der Waals surface area contributed by atoms with Crippen LogP contribution in [0.15, 0.2) is 18.2 Å². The smallest absolute Gasteiger partial charge is 0.248 e. The lowest BCUT2D eigenvalue weighted by molar-refractivity contribution is -0.126. The van der Waals surface area contributed by atoms with Crippen molar-refractivity contribution in [3.8, 4) is 0 Å². The number of amides is 2. The molecule has 1 atom stereocenters. The van der Waals surface area contributed by atoms with Gasteiger partial charge in [-0.1, -0.05) is 24.7 Å². The number of rotatable bonds is 8. The van der Waals surface area contributed by atoms with Crippen molar-refractivity contribution in [2.75, 3.05) is 5.32 Å². The van der Waals surface area contributed by atoms with Crippen molar-refractivity contribution >= 4 is 28.3 Å². The minimum Gasteiger partial charge on any atom is -0.344 e. The van der Waals surface area contributed by atoms with E-state index in [0.29, 0.717) is 18.0 Å². The van der Waals surface area contributed by atoms with Crippen LogP contribution >= 0.6 is 11.3 Å². The summed E-state index contributed by atoms with van der Waals surface area (Å²) in [6.07, 6.45) is 8.49. The van der Waals surface area contributed by atoms with Crippen molar-refractivity contribution in [1.82, 2.24) is 15.5 Å². The largest absolute Gasteiger partial charge is 0.344 e. The topological polar surface area (TPSA) is 84.0 Å². The third-order valence-corrected chi connectivity index (χ3v) is 8.75. The summed E-state index contributed by atoms with van der Waals surface area (Å²) < 4.78 is 26.8. The highest BCUT2D eigenvalue weighted by Crippen LogP contribution is 2.61. The van der Waals surface area contributed by atoms with Crippen LogP contribution in [0, 0.1) is 29.4 Å². The molecule has 4 bridgehead atoms. The van der Waals surface area contributed by atoms with Crippen molar-refractivity contribution in [3.05, 3.63) is 40.4 Å². The fraction of sp³-hybridized carbons (Fsp3) is 0.600. The molecule has 0 aliphatic heterocycles.